The van der Waals surface area contributed by atoms with Crippen molar-refractivity contribution in [1.82, 2.24) is 24.3 Å². The SMILES string of the molecule is COc1cc(NC(=O)COc2ccc3cc2OCC(=O)N(C)CCCN(C)Cc2cn(C)c4ncnc(c24)N3)cc(OC)c1OC. The standard InChI is InChI=1S/C32H39N7O7/c1-37-10-7-11-38(2)28(41)18-46-24-12-21(36-31-29-20(15-37)16-39(3)32(29)34-19-33-31)8-9-23(24)45-17-27(40)35-22-13-25(42-4)30(44-6)26(14-22)43-5/h8-9,12-14,16,19H,7,10-11,15,17-18H2,1-6H3,(H,35,40)(H,33,34,36). The van der Waals surface area contributed by atoms with Crippen LogP contribution in [-0.2, 0) is 23.2 Å². The van der Waals surface area contributed by atoms with Gasteiger partial charge in [-0.25, -0.2) is 9.97 Å². The number of nitrogens with zero attached hydrogens (tertiary/aromatic N) is 5. The molecule has 14 nitrogen and oxygen atoms in total. The van der Waals surface area contributed by atoms with Gasteiger partial charge in [0.1, 0.15) is 17.8 Å². The van der Waals surface area contributed by atoms with E-state index in [4.69, 9.17) is 23.7 Å². The number of fused-ring (bicyclic) bond motifs is 2. The first-order valence-electron chi connectivity index (χ1n) is 14.7. The van der Waals surface area contributed by atoms with E-state index in [2.05, 4.69) is 38.7 Å². The van der Waals surface area contributed by atoms with Crippen molar-refractivity contribution in [3.63, 3.8) is 0 Å². The minimum atomic E-state index is -0.433. The average molecular weight is 634 g/mol. The molecule has 46 heavy (non-hydrogen) atoms. The molecule has 1 aliphatic heterocycles. The summed E-state index contributed by atoms with van der Waals surface area (Å²) in [6.45, 7) is 1.52. The number of anilines is 3. The number of hydrogen-bond acceptors (Lipinski definition) is 11. The van der Waals surface area contributed by atoms with E-state index in [9.17, 15) is 9.59 Å². The van der Waals surface area contributed by atoms with Crippen molar-refractivity contribution >= 4 is 40.0 Å². The number of methoxy groups -OCH3 is 3. The number of benzene rings is 2. The molecule has 1 aliphatic rings. The Labute approximate surface area is 267 Å². The second-order valence-corrected chi connectivity index (χ2v) is 10.9. The first kappa shape index (κ1) is 32.2. The van der Waals surface area contributed by atoms with Crippen LogP contribution in [0.1, 0.15) is 12.0 Å². The smallest absolute Gasteiger partial charge is 0.262 e. The summed E-state index contributed by atoms with van der Waals surface area (Å²) in [4.78, 5) is 38.8. The highest BCUT2D eigenvalue weighted by Crippen LogP contribution is 2.40. The summed E-state index contributed by atoms with van der Waals surface area (Å²) in [6.07, 6.45) is 4.37. The van der Waals surface area contributed by atoms with Crippen molar-refractivity contribution in [3.8, 4) is 28.7 Å². The van der Waals surface area contributed by atoms with Gasteiger partial charge >= 0.3 is 0 Å². The van der Waals surface area contributed by atoms with Crippen LogP contribution in [0, 0.1) is 0 Å². The molecule has 2 N–H and O–H groups in total. The summed E-state index contributed by atoms with van der Waals surface area (Å²) >= 11 is 0. The van der Waals surface area contributed by atoms with E-state index in [1.165, 1.54) is 27.7 Å². The summed E-state index contributed by atoms with van der Waals surface area (Å²) in [7, 11) is 10.3. The van der Waals surface area contributed by atoms with Gasteiger partial charge in [0.2, 0.25) is 5.75 Å². The Morgan fingerprint density at radius 2 is 1.76 bits per heavy atom. The summed E-state index contributed by atoms with van der Waals surface area (Å²) in [5.74, 6) is 1.81. The van der Waals surface area contributed by atoms with E-state index in [0.29, 0.717) is 47.5 Å². The molecule has 2 aromatic heterocycles. The van der Waals surface area contributed by atoms with Crippen LogP contribution in [-0.4, -0.2) is 97.9 Å². The predicted molar refractivity (Wildman–Crippen MR) is 173 cm³/mol. The Balaban J connectivity index is 1.40. The third-order valence-corrected chi connectivity index (χ3v) is 7.60. The molecule has 2 bridgehead atoms. The fourth-order valence-electron chi connectivity index (χ4n) is 5.28. The highest BCUT2D eigenvalue weighted by Gasteiger charge is 2.19. The van der Waals surface area contributed by atoms with E-state index in [1.54, 1.807) is 42.3 Å². The normalized spacial score (nSPS) is 14.3. The number of ether oxygens (including phenoxy) is 5. The van der Waals surface area contributed by atoms with Gasteiger partial charge in [0.05, 0.1) is 26.7 Å². The van der Waals surface area contributed by atoms with Crippen molar-refractivity contribution in [2.24, 2.45) is 7.05 Å². The number of carbonyl (C=O) groups excluding carboxylic acids is 2. The maximum Gasteiger partial charge on any atom is 0.262 e. The van der Waals surface area contributed by atoms with Crippen LogP contribution >= 0.6 is 0 Å². The molecule has 2 aromatic carbocycles. The Kier molecular flexibility index (Phi) is 9.96. The Morgan fingerprint density at radius 3 is 2.48 bits per heavy atom. The van der Waals surface area contributed by atoms with Crippen LogP contribution in [0.4, 0.5) is 17.2 Å². The predicted octanol–water partition coefficient (Wildman–Crippen LogP) is 3.43. The number of amides is 2. The zero-order valence-electron chi connectivity index (χ0n) is 26.9. The third-order valence-electron chi connectivity index (χ3n) is 7.60. The highest BCUT2D eigenvalue weighted by atomic mass is 16.5. The molecular weight excluding hydrogens is 594 g/mol. The van der Waals surface area contributed by atoms with Gasteiger partial charge in [-0.3, -0.25) is 9.59 Å². The highest BCUT2D eigenvalue weighted by molar-refractivity contribution is 5.93. The number of likely N-dealkylation sites (N-methyl/N-ethyl adjacent to an activating group) is 1. The number of aryl methyl sites for hydroxylation is 1. The summed E-state index contributed by atoms with van der Waals surface area (Å²) in [6, 6.07) is 8.43. The maximum atomic E-state index is 12.9. The summed E-state index contributed by atoms with van der Waals surface area (Å²) in [5.41, 5.74) is 2.97. The van der Waals surface area contributed by atoms with Gasteiger partial charge in [-0.2, -0.15) is 0 Å². The van der Waals surface area contributed by atoms with Crippen molar-refractivity contribution in [2.45, 2.75) is 13.0 Å². The van der Waals surface area contributed by atoms with Gasteiger partial charge < -0.3 is 48.7 Å². The van der Waals surface area contributed by atoms with Crippen LogP contribution in [0.3, 0.4) is 0 Å². The van der Waals surface area contributed by atoms with Crippen LogP contribution in [0.15, 0.2) is 42.9 Å². The topological polar surface area (TPSA) is 142 Å². The number of nitrogens with one attached hydrogen (secondary N) is 2. The van der Waals surface area contributed by atoms with Crippen molar-refractivity contribution in [3.05, 3.63) is 48.4 Å². The molecule has 0 fully saturated rings. The molecule has 244 valence electrons. The molecule has 4 aromatic rings. The van der Waals surface area contributed by atoms with Crippen LogP contribution in [0.25, 0.3) is 11.0 Å². The zero-order valence-corrected chi connectivity index (χ0v) is 26.9. The fraction of sp³-hybridized carbons (Fsp3) is 0.375. The lowest BCUT2D eigenvalue weighted by Crippen LogP contribution is -2.34. The van der Waals surface area contributed by atoms with Gasteiger partial charge in [-0.15, -0.1) is 0 Å². The number of hydrogen-bond donors (Lipinski definition) is 2. The lowest BCUT2D eigenvalue weighted by molar-refractivity contribution is -0.132. The third kappa shape index (κ3) is 7.18. The number of carbonyl (C=O) groups is 2. The van der Waals surface area contributed by atoms with E-state index in [0.717, 1.165) is 29.6 Å². The summed E-state index contributed by atoms with van der Waals surface area (Å²) < 4.78 is 30.0. The van der Waals surface area contributed by atoms with Gasteiger partial charge in [-0.1, -0.05) is 0 Å². The quantitative estimate of drug-likeness (QED) is 0.309. The largest absolute Gasteiger partial charge is 0.493 e. The van der Waals surface area contributed by atoms with Gasteiger partial charge in [0.25, 0.3) is 11.8 Å². The second kappa shape index (κ2) is 14.2. The molecule has 2 amide bonds. The van der Waals surface area contributed by atoms with E-state index in [-0.39, 0.29) is 30.6 Å². The first-order valence-corrected chi connectivity index (χ1v) is 14.7. The molecule has 0 saturated carbocycles. The molecule has 3 heterocycles. The molecule has 0 radical (unpaired) electrons. The van der Waals surface area contributed by atoms with E-state index >= 15 is 0 Å². The fourth-order valence-corrected chi connectivity index (χ4v) is 5.28. The van der Waals surface area contributed by atoms with Crippen molar-refractivity contribution in [2.75, 3.05) is 72.4 Å². The van der Waals surface area contributed by atoms with Crippen LogP contribution in [0.5, 0.6) is 28.7 Å². The maximum absolute atomic E-state index is 12.9. The lowest BCUT2D eigenvalue weighted by atomic mass is 10.2. The van der Waals surface area contributed by atoms with Crippen LogP contribution in [0.2, 0.25) is 0 Å². The minimum Gasteiger partial charge on any atom is -0.493 e. The molecular formula is C32H39N7O7. The lowest BCUT2D eigenvalue weighted by Gasteiger charge is -2.22. The molecule has 0 spiro atoms. The van der Waals surface area contributed by atoms with E-state index < -0.39 is 5.91 Å². The second-order valence-electron chi connectivity index (χ2n) is 10.9. The molecule has 0 atom stereocenters. The van der Waals surface area contributed by atoms with Gasteiger partial charge in [0, 0.05) is 63.0 Å². The van der Waals surface area contributed by atoms with Crippen LogP contribution < -0.4 is 34.3 Å². The molecule has 14 heteroatoms. The Morgan fingerprint density at radius 1 is 1.00 bits per heavy atom. The molecule has 0 unspecified atom stereocenters. The zero-order chi connectivity index (χ0) is 32.8. The molecule has 0 aliphatic carbocycles. The minimum absolute atomic E-state index is 0.179. The molecule has 5 rings (SSSR count). The monoisotopic (exact) mass is 633 g/mol. The molecule has 0 saturated heterocycles. The Bertz CT molecular complexity index is 1700. The van der Waals surface area contributed by atoms with E-state index in [1.807, 2.05) is 11.6 Å². The van der Waals surface area contributed by atoms with Gasteiger partial charge in [0.15, 0.2) is 36.2 Å². The first-order chi connectivity index (χ1) is 22.2. The van der Waals surface area contributed by atoms with Gasteiger partial charge in [-0.05, 0) is 37.7 Å². The number of rotatable bonds is 7. The number of aromatic nitrogens is 3. The van der Waals surface area contributed by atoms with Crippen molar-refractivity contribution < 1.29 is 33.3 Å². The summed E-state index contributed by atoms with van der Waals surface area (Å²) in [5, 5.41) is 7.09. The average Bonchev–Trinajstić information content (AvgIpc) is 3.37. The Hall–Kier alpha value is -5.24. The van der Waals surface area contributed by atoms with Crippen molar-refractivity contribution in [1.29, 1.82) is 0 Å².